The van der Waals surface area contributed by atoms with Crippen LogP contribution in [0.4, 0.5) is 29.3 Å². The highest BCUT2D eigenvalue weighted by Gasteiger charge is 2.65. The molecule has 3 amide bonds. The highest BCUT2D eigenvalue weighted by molar-refractivity contribution is 7.94. The van der Waals surface area contributed by atoms with E-state index in [1.54, 1.807) is 11.4 Å². The molecule has 2 fully saturated rings. The number of hydrogen-bond acceptors (Lipinski definition) is 8. The third-order valence-electron chi connectivity index (χ3n) is 6.22. The molecule has 1 saturated carbocycles. The second-order valence-corrected chi connectivity index (χ2v) is 13.4. The van der Waals surface area contributed by atoms with Crippen molar-refractivity contribution in [3.8, 4) is 0 Å². The second-order valence-electron chi connectivity index (χ2n) is 8.55. The van der Waals surface area contributed by atoms with Crippen molar-refractivity contribution in [2.75, 3.05) is 9.62 Å². The minimum absolute atomic E-state index is 0.0700. The summed E-state index contributed by atoms with van der Waals surface area (Å²) in [6.45, 7) is -0.160. The van der Waals surface area contributed by atoms with Crippen molar-refractivity contribution in [1.29, 1.82) is 0 Å². The van der Waals surface area contributed by atoms with Crippen LogP contribution in [0.3, 0.4) is 0 Å². The Morgan fingerprint density at radius 1 is 1.03 bits per heavy atom. The van der Waals surface area contributed by atoms with Crippen LogP contribution in [0.1, 0.15) is 18.4 Å². The van der Waals surface area contributed by atoms with Crippen LogP contribution < -0.4 is 9.62 Å². The lowest BCUT2D eigenvalue weighted by Crippen LogP contribution is -2.36. The molecule has 38 heavy (non-hydrogen) atoms. The molecule has 200 valence electrons. The predicted octanol–water partition coefficient (Wildman–Crippen LogP) is 3.74. The van der Waals surface area contributed by atoms with Crippen LogP contribution in [0, 0.1) is 0 Å². The number of imide groups is 1. The third-order valence-corrected chi connectivity index (χ3v) is 10.5. The Labute approximate surface area is 218 Å². The Hall–Kier alpha value is -3.50. The summed E-state index contributed by atoms with van der Waals surface area (Å²) in [4.78, 5) is 31.6. The summed E-state index contributed by atoms with van der Waals surface area (Å²) < 4.78 is 89.9. The van der Waals surface area contributed by atoms with Crippen molar-refractivity contribution in [2.45, 2.75) is 39.5 Å². The molecule has 1 saturated heterocycles. The number of hydrogen-bond donors (Lipinski definition) is 1. The summed E-state index contributed by atoms with van der Waals surface area (Å²) in [5.74, 6) is -0.608. The number of aromatic nitrogens is 1. The number of carbonyl (C=O) groups excluding carboxylic acids is 2. The van der Waals surface area contributed by atoms with Gasteiger partial charge in [0.15, 0.2) is 0 Å². The number of pyridine rings is 1. The van der Waals surface area contributed by atoms with Gasteiger partial charge in [0, 0.05) is 6.20 Å². The highest BCUT2D eigenvalue weighted by atomic mass is 32.2. The van der Waals surface area contributed by atoms with Gasteiger partial charge in [0.2, 0.25) is 0 Å². The molecule has 1 spiro atoms. The van der Waals surface area contributed by atoms with Crippen molar-refractivity contribution < 1.29 is 39.6 Å². The van der Waals surface area contributed by atoms with Crippen molar-refractivity contribution >= 4 is 54.5 Å². The predicted molar refractivity (Wildman–Crippen MR) is 129 cm³/mol. The maximum atomic E-state index is 13.4. The van der Waals surface area contributed by atoms with Gasteiger partial charge in [-0.3, -0.25) is 14.5 Å². The molecule has 0 radical (unpaired) electrons. The van der Waals surface area contributed by atoms with E-state index in [-0.39, 0.29) is 22.1 Å². The van der Waals surface area contributed by atoms with Gasteiger partial charge in [-0.25, -0.2) is 26.5 Å². The van der Waals surface area contributed by atoms with E-state index in [1.807, 2.05) is 0 Å². The number of urea groups is 1. The largest absolute Gasteiger partial charge is 0.501 e. The van der Waals surface area contributed by atoms with Crippen LogP contribution in [0.2, 0.25) is 0 Å². The van der Waals surface area contributed by atoms with E-state index in [0.717, 1.165) is 28.4 Å². The number of carbonyl (C=O) groups is 2. The summed E-state index contributed by atoms with van der Waals surface area (Å²) in [5, 5.41) is 1.60. The van der Waals surface area contributed by atoms with Gasteiger partial charge in [-0.1, -0.05) is 6.07 Å². The third kappa shape index (κ3) is 4.21. The van der Waals surface area contributed by atoms with Crippen LogP contribution in [-0.4, -0.2) is 49.7 Å². The Balaban J connectivity index is 1.43. The lowest BCUT2D eigenvalue weighted by atomic mass is 10.1. The minimum Gasteiger partial charge on any atom is -0.305 e. The van der Waals surface area contributed by atoms with E-state index >= 15 is 0 Å². The number of rotatable bonds is 7. The first-order valence-corrected chi connectivity index (χ1v) is 14.7. The Kier molecular flexibility index (Phi) is 6.03. The fraction of sp³-hybridized carbons (Fsp3) is 0.227. The number of nitrogens with zero attached hydrogens (tertiary/aromatic N) is 3. The zero-order valence-electron chi connectivity index (χ0n) is 19.0. The first-order chi connectivity index (χ1) is 17.8. The molecule has 5 rings (SSSR count). The van der Waals surface area contributed by atoms with Crippen molar-refractivity contribution in [3.63, 3.8) is 0 Å². The van der Waals surface area contributed by atoms with E-state index in [9.17, 15) is 39.6 Å². The summed E-state index contributed by atoms with van der Waals surface area (Å²) in [6.07, 6.45) is 3.34. The maximum Gasteiger partial charge on any atom is 0.501 e. The monoisotopic (exact) mass is 586 g/mol. The minimum atomic E-state index is -5.60. The van der Waals surface area contributed by atoms with Gasteiger partial charge >= 0.3 is 11.5 Å². The maximum absolute atomic E-state index is 13.4. The van der Waals surface area contributed by atoms with Crippen molar-refractivity contribution in [2.24, 2.45) is 0 Å². The topological polar surface area (TPSA) is 134 Å². The van der Waals surface area contributed by atoms with Gasteiger partial charge in [0.25, 0.3) is 25.8 Å². The van der Waals surface area contributed by atoms with Crippen LogP contribution in [0.15, 0.2) is 69.3 Å². The Morgan fingerprint density at radius 3 is 2.29 bits per heavy atom. The van der Waals surface area contributed by atoms with Crippen LogP contribution in [-0.2, 0) is 31.2 Å². The summed E-state index contributed by atoms with van der Waals surface area (Å²) in [5.41, 5.74) is -6.32. The number of alkyl halides is 3. The molecule has 10 nitrogen and oxygen atoms in total. The summed E-state index contributed by atoms with van der Waals surface area (Å²) >= 11 is 1.01. The van der Waals surface area contributed by atoms with E-state index in [1.165, 1.54) is 29.4 Å². The number of sulfone groups is 1. The molecule has 0 atom stereocenters. The van der Waals surface area contributed by atoms with E-state index in [4.69, 9.17) is 0 Å². The molecule has 2 aliphatic rings. The van der Waals surface area contributed by atoms with E-state index in [2.05, 4.69) is 9.71 Å². The fourth-order valence-electron chi connectivity index (χ4n) is 4.11. The van der Waals surface area contributed by atoms with E-state index in [0.29, 0.717) is 30.5 Å². The summed E-state index contributed by atoms with van der Waals surface area (Å²) in [6, 6.07) is 7.01. The Bertz CT molecular complexity index is 1640. The molecule has 0 unspecified atom stereocenters. The molecule has 16 heteroatoms. The molecular weight excluding hydrogens is 569 g/mol. The number of benzene rings is 1. The van der Waals surface area contributed by atoms with Crippen LogP contribution in [0.25, 0.3) is 0 Å². The van der Waals surface area contributed by atoms with Gasteiger partial charge in [-0.15, -0.1) is 11.3 Å². The standard InChI is InChI=1S/C22H17F3N4O6S3/c23-22(24,25)37(32,33)16-5-3-15(4-6-16)29-19(30)21(8-9-21)28(20(29)31)13-14-7-10-26-12-17(14)27-38(34,35)18-2-1-11-36-18/h1-7,10-12,27H,8-9,13H2. The molecule has 1 aromatic carbocycles. The molecular formula is C22H17F3N4O6S3. The zero-order chi connectivity index (χ0) is 27.5. The molecule has 0 bridgehead atoms. The number of anilines is 2. The summed E-state index contributed by atoms with van der Waals surface area (Å²) in [7, 11) is -9.53. The molecule has 3 aromatic rings. The van der Waals surface area contributed by atoms with Crippen LogP contribution in [0.5, 0.6) is 0 Å². The molecule has 1 N–H and O–H groups in total. The molecule has 1 aliphatic carbocycles. The van der Waals surface area contributed by atoms with Gasteiger partial charge in [0.05, 0.1) is 29.0 Å². The molecule has 3 heterocycles. The number of thiophene rings is 1. The van der Waals surface area contributed by atoms with Gasteiger partial charge in [-0.05, 0) is 60.2 Å². The number of sulfonamides is 1. The quantitative estimate of drug-likeness (QED) is 0.417. The fourth-order valence-corrected chi connectivity index (χ4v) is 6.95. The van der Waals surface area contributed by atoms with Gasteiger partial charge in [-0.2, -0.15) is 13.2 Å². The highest BCUT2D eigenvalue weighted by Crippen LogP contribution is 2.50. The first-order valence-electron chi connectivity index (χ1n) is 10.8. The molecule has 1 aliphatic heterocycles. The van der Waals surface area contributed by atoms with Gasteiger partial charge in [0.1, 0.15) is 9.75 Å². The average molecular weight is 587 g/mol. The number of amides is 3. The first kappa shape index (κ1) is 26.1. The van der Waals surface area contributed by atoms with Crippen molar-refractivity contribution in [3.05, 3.63) is 65.8 Å². The Morgan fingerprint density at radius 2 is 1.71 bits per heavy atom. The lowest BCUT2D eigenvalue weighted by molar-refractivity contribution is -0.120. The zero-order valence-corrected chi connectivity index (χ0v) is 21.5. The normalized spacial score (nSPS) is 17.3. The van der Waals surface area contributed by atoms with E-state index < -0.39 is 47.7 Å². The molecule has 2 aromatic heterocycles. The average Bonchev–Trinajstić information content (AvgIpc) is 3.39. The van der Waals surface area contributed by atoms with Gasteiger partial charge < -0.3 is 4.90 Å². The SMILES string of the molecule is O=C1N(c2ccc(S(=O)(=O)C(F)(F)F)cc2)C(=O)C2(CC2)N1Cc1ccncc1NS(=O)(=O)c1cccs1. The van der Waals surface area contributed by atoms with Crippen molar-refractivity contribution in [1.82, 2.24) is 9.88 Å². The second kappa shape index (κ2) is 8.78. The number of nitrogens with one attached hydrogen (secondary N) is 1. The smallest absolute Gasteiger partial charge is 0.305 e. The van der Waals surface area contributed by atoms with Crippen LogP contribution >= 0.6 is 11.3 Å². The lowest BCUT2D eigenvalue weighted by Gasteiger charge is -2.23. The number of halogens is 3.